The van der Waals surface area contributed by atoms with Crippen LogP contribution < -0.4 is 4.90 Å². The van der Waals surface area contributed by atoms with E-state index in [9.17, 15) is 0 Å². The normalized spacial score (nSPS) is 10.9. The summed E-state index contributed by atoms with van der Waals surface area (Å²) >= 11 is 0. The molecular weight excluding hydrogens is 625 g/mol. The van der Waals surface area contributed by atoms with Gasteiger partial charge in [0.05, 0.1) is 11.0 Å². The number of fused-ring (bicyclic) bond motifs is 4. The van der Waals surface area contributed by atoms with Crippen LogP contribution in [0.25, 0.3) is 61.2 Å². The summed E-state index contributed by atoms with van der Waals surface area (Å²) in [6, 6.07) is 59.2. The summed E-state index contributed by atoms with van der Waals surface area (Å²) in [6.07, 6.45) is 3.28. The highest BCUT2D eigenvalue weighted by molar-refractivity contribution is 6.10. The lowest BCUT2D eigenvalue weighted by Crippen LogP contribution is -2.10. The molecule has 0 aliphatic rings. The van der Waals surface area contributed by atoms with Crippen LogP contribution in [0.1, 0.15) is 0 Å². The van der Waals surface area contributed by atoms with E-state index in [0.717, 1.165) is 33.9 Å². The summed E-state index contributed by atoms with van der Waals surface area (Å²) in [6.45, 7) is 6.72. The minimum atomic E-state index is 0.489. The summed E-state index contributed by atoms with van der Waals surface area (Å²) in [4.78, 5) is 2.31. The number of nitrogens with zero attached hydrogens (tertiary/aromatic N) is 4. The average Bonchev–Trinajstić information content (AvgIpc) is 3.83. The topological polar surface area (TPSA) is 47.1 Å². The molecule has 51 heavy (non-hydrogen) atoms. The van der Waals surface area contributed by atoms with Crippen LogP contribution in [-0.2, 0) is 0 Å². The first-order valence-corrected chi connectivity index (χ1v) is 16.8. The number of allylic oxidation sites excluding steroid dienone is 2. The van der Waals surface area contributed by atoms with Crippen molar-refractivity contribution in [2.45, 2.75) is 0 Å². The Bertz CT molecular complexity index is 2610. The van der Waals surface area contributed by atoms with Crippen molar-refractivity contribution in [1.82, 2.24) is 14.8 Å². The lowest BCUT2D eigenvalue weighted by molar-refractivity contribution is 0.584. The number of benzene rings is 7. The van der Waals surface area contributed by atoms with Gasteiger partial charge in [-0.05, 0) is 95.7 Å². The third kappa shape index (κ3) is 6.09. The largest absolute Gasteiger partial charge is 0.416 e. The van der Waals surface area contributed by atoms with Crippen molar-refractivity contribution in [1.29, 1.82) is 0 Å². The molecule has 0 bridgehead atoms. The Morgan fingerprint density at radius 1 is 0.471 bits per heavy atom. The van der Waals surface area contributed by atoms with E-state index in [2.05, 4.69) is 160 Å². The minimum absolute atomic E-state index is 0.489. The Labute approximate surface area is 296 Å². The van der Waals surface area contributed by atoms with Crippen LogP contribution in [0, 0.1) is 0 Å². The SMILES string of the molecule is C=CC=C.c1ccc(-c2nnc(-c3ccc(N(c4ccc5ccccc5c4)c4ccc5c(c4)c4ccccc4n5-c4ccccc4)cc3)o2)cc1. The molecule has 0 N–H and O–H groups in total. The molecule has 0 atom stereocenters. The Balaban J connectivity index is 0.000000890. The zero-order valence-electron chi connectivity index (χ0n) is 27.9. The fourth-order valence-corrected chi connectivity index (χ4v) is 6.51. The zero-order chi connectivity index (χ0) is 34.6. The second-order valence-electron chi connectivity index (χ2n) is 12.1. The molecule has 0 aliphatic carbocycles. The molecule has 0 aliphatic heterocycles. The van der Waals surface area contributed by atoms with E-state index in [0.29, 0.717) is 11.8 Å². The summed E-state index contributed by atoms with van der Waals surface area (Å²) < 4.78 is 8.41. The first-order valence-electron chi connectivity index (χ1n) is 16.8. The lowest BCUT2D eigenvalue weighted by atomic mass is 10.1. The third-order valence-electron chi connectivity index (χ3n) is 8.90. The second-order valence-corrected chi connectivity index (χ2v) is 12.1. The molecule has 9 rings (SSSR count). The molecule has 7 aromatic carbocycles. The van der Waals surface area contributed by atoms with Gasteiger partial charge in [0.2, 0.25) is 11.8 Å². The van der Waals surface area contributed by atoms with Gasteiger partial charge in [0.15, 0.2) is 0 Å². The monoisotopic (exact) mass is 658 g/mol. The highest BCUT2D eigenvalue weighted by atomic mass is 16.4. The van der Waals surface area contributed by atoms with Gasteiger partial charge in [-0.25, -0.2) is 0 Å². The highest BCUT2D eigenvalue weighted by Gasteiger charge is 2.18. The molecular formula is C46H34N4O. The first-order chi connectivity index (χ1) is 25.2. The van der Waals surface area contributed by atoms with Crippen molar-refractivity contribution < 1.29 is 4.42 Å². The van der Waals surface area contributed by atoms with Crippen LogP contribution in [0.2, 0.25) is 0 Å². The van der Waals surface area contributed by atoms with Crippen LogP contribution in [0.4, 0.5) is 17.1 Å². The van der Waals surface area contributed by atoms with E-state index in [1.165, 1.54) is 32.6 Å². The van der Waals surface area contributed by atoms with Crippen molar-refractivity contribution >= 4 is 49.6 Å². The highest BCUT2D eigenvalue weighted by Crippen LogP contribution is 2.41. The molecule has 244 valence electrons. The van der Waals surface area contributed by atoms with Gasteiger partial charge in [-0.15, -0.1) is 10.2 Å². The molecule has 0 saturated heterocycles. The average molecular weight is 659 g/mol. The first kappa shape index (κ1) is 31.3. The summed E-state index contributed by atoms with van der Waals surface area (Å²) in [5.74, 6) is 0.994. The fraction of sp³-hybridized carbons (Fsp3) is 0. The Hall–Kier alpha value is -6.98. The maximum Gasteiger partial charge on any atom is 0.248 e. The van der Waals surface area contributed by atoms with E-state index < -0.39 is 0 Å². The molecule has 2 aromatic heterocycles. The number of aromatic nitrogens is 3. The number of rotatable bonds is 7. The molecule has 0 radical (unpaired) electrons. The van der Waals surface area contributed by atoms with Crippen molar-refractivity contribution in [2.24, 2.45) is 0 Å². The van der Waals surface area contributed by atoms with Crippen molar-refractivity contribution in [3.05, 3.63) is 195 Å². The molecule has 5 heteroatoms. The molecule has 0 fully saturated rings. The van der Waals surface area contributed by atoms with Crippen LogP contribution in [-0.4, -0.2) is 14.8 Å². The molecule has 9 aromatic rings. The van der Waals surface area contributed by atoms with Gasteiger partial charge in [-0.3, -0.25) is 0 Å². The van der Waals surface area contributed by atoms with Crippen LogP contribution in [0.15, 0.2) is 200 Å². The predicted molar refractivity (Wildman–Crippen MR) is 212 cm³/mol. The Kier molecular flexibility index (Phi) is 8.51. The summed E-state index contributed by atoms with van der Waals surface area (Å²) in [7, 11) is 0. The smallest absolute Gasteiger partial charge is 0.248 e. The lowest BCUT2D eigenvalue weighted by Gasteiger charge is -2.26. The third-order valence-corrected chi connectivity index (χ3v) is 8.90. The van der Waals surface area contributed by atoms with E-state index in [1.807, 2.05) is 42.5 Å². The molecule has 0 saturated carbocycles. The molecule has 0 unspecified atom stereocenters. The number of anilines is 3. The fourth-order valence-electron chi connectivity index (χ4n) is 6.51. The van der Waals surface area contributed by atoms with Crippen LogP contribution in [0.3, 0.4) is 0 Å². The summed E-state index contributed by atoms with van der Waals surface area (Å²) in [5.41, 5.74) is 8.43. The Morgan fingerprint density at radius 3 is 1.75 bits per heavy atom. The van der Waals surface area contributed by atoms with Gasteiger partial charge in [0, 0.05) is 44.6 Å². The van der Waals surface area contributed by atoms with Crippen LogP contribution >= 0.6 is 0 Å². The van der Waals surface area contributed by atoms with Gasteiger partial charge in [0.25, 0.3) is 0 Å². The Morgan fingerprint density at radius 2 is 1.02 bits per heavy atom. The van der Waals surface area contributed by atoms with Gasteiger partial charge < -0.3 is 13.9 Å². The molecule has 2 heterocycles. The van der Waals surface area contributed by atoms with Gasteiger partial charge in [-0.2, -0.15) is 0 Å². The van der Waals surface area contributed by atoms with Crippen molar-refractivity contribution in [3.63, 3.8) is 0 Å². The number of hydrogen-bond donors (Lipinski definition) is 0. The van der Waals surface area contributed by atoms with Gasteiger partial charge in [0.1, 0.15) is 0 Å². The maximum absolute atomic E-state index is 6.06. The standard InChI is InChI=1S/C42H28N4O.C4H6/c1-3-12-30(13-4-1)41-43-44-42(47-41)31-20-22-34(23-21-31)45(35-24-19-29-11-7-8-14-32(29)27-35)36-25-26-40-38(28-36)37-17-9-10-18-39(37)46(40)33-15-5-2-6-16-33;1-3-4-2/h1-28H;3-4H,1-2H2. The van der Waals surface area contributed by atoms with E-state index in [1.54, 1.807) is 12.2 Å². The molecule has 5 nitrogen and oxygen atoms in total. The van der Waals surface area contributed by atoms with E-state index >= 15 is 0 Å². The number of para-hydroxylation sites is 2. The quantitative estimate of drug-likeness (QED) is 0.160. The van der Waals surface area contributed by atoms with E-state index in [-0.39, 0.29) is 0 Å². The van der Waals surface area contributed by atoms with E-state index in [4.69, 9.17) is 4.42 Å². The van der Waals surface area contributed by atoms with Crippen LogP contribution in [0.5, 0.6) is 0 Å². The van der Waals surface area contributed by atoms with Gasteiger partial charge >= 0.3 is 0 Å². The number of hydrogen-bond acceptors (Lipinski definition) is 4. The predicted octanol–water partition coefficient (Wildman–Crippen LogP) is 12.5. The second kappa shape index (κ2) is 13.9. The minimum Gasteiger partial charge on any atom is -0.416 e. The molecule has 0 amide bonds. The zero-order valence-corrected chi connectivity index (χ0v) is 27.9. The summed E-state index contributed by atoms with van der Waals surface area (Å²) in [5, 5.41) is 13.4. The van der Waals surface area contributed by atoms with Crippen molar-refractivity contribution in [2.75, 3.05) is 4.90 Å². The van der Waals surface area contributed by atoms with Gasteiger partial charge in [-0.1, -0.05) is 110 Å². The molecule has 0 spiro atoms. The maximum atomic E-state index is 6.06. The van der Waals surface area contributed by atoms with Crippen molar-refractivity contribution in [3.8, 4) is 28.6 Å².